The molecule has 10 heteroatoms. The summed E-state index contributed by atoms with van der Waals surface area (Å²) in [5, 5.41) is 14.8. The molecule has 0 saturated carbocycles. The highest BCUT2D eigenvalue weighted by Gasteiger charge is 2.20. The van der Waals surface area contributed by atoms with Crippen molar-refractivity contribution in [1.29, 1.82) is 0 Å². The second-order valence-electron chi connectivity index (χ2n) is 6.06. The van der Waals surface area contributed by atoms with Crippen molar-refractivity contribution in [3.8, 4) is 0 Å². The van der Waals surface area contributed by atoms with Crippen LogP contribution in [0.15, 0.2) is 54.2 Å². The number of thiazole rings is 2. The smallest absolute Gasteiger partial charge is 0.413 e. The maximum atomic E-state index is 12.3. The molecule has 0 spiro atoms. The van der Waals surface area contributed by atoms with Crippen molar-refractivity contribution in [1.82, 2.24) is 15.0 Å². The van der Waals surface area contributed by atoms with Crippen LogP contribution in [0.5, 0.6) is 0 Å². The molecule has 0 aliphatic heterocycles. The predicted molar refractivity (Wildman–Crippen MR) is 113 cm³/mol. The average molecular weight is 425 g/mol. The minimum Gasteiger partial charge on any atom is -0.465 e. The van der Waals surface area contributed by atoms with Crippen LogP contribution in [-0.4, -0.2) is 32.1 Å². The van der Waals surface area contributed by atoms with Gasteiger partial charge in [0.15, 0.2) is 10.3 Å². The highest BCUT2D eigenvalue weighted by Crippen LogP contribution is 2.26. The van der Waals surface area contributed by atoms with Gasteiger partial charge in [0.05, 0.1) is 28.9 Å². The van der Waals surface area contributed by atoms with Gasteiger partial charge in [-0.25, -0.2) is 19.7 Å². The molecule has 8 nitrogen and oxygen atoms in total. The summed E-state index contributed by atoms with van der Waals surface area (Å²) >= 11 is 2.58. The van der Waals surface area contributed by atoms with Gasteiger partial charge in [0.2, 0.25) is 5.91 Å². The van der Waals surface area contributed by atoms with Gasteiger partial charge in [-0.3, -0.25) is 9.78 Å². The number of carboxylic acid groups (broad SMARTS) is 1. The van der Waals surface area contributed by atoms with Crippen LogP contribution in [-0.2, 0) is 17.8 Å². The molecule has 0 bridgehead atoms. The Morgan fingerprint density at radius 2 is 2.00 bits per heavy atom. The summed E-state index contributed by atoms with van der Waals surface area (Å²) in [6.07, 6.45) is 2.15. The predicted octanol–water partition coefficient (Wildman–Crippen LogP) is 4.01. The molecule has 4 aromatic rings. The normalized spacial score (nSPS) is 10.8. The molecule has 2 N–H and O–H groups in total. The van der Waals surface area contributed by atoms with Crippen molar-refractivity contribution < 1.29 is 14.7 Å². The monoisotopic (exact) mass is 425 g/mol. The minimum atomic E-state index is -1.12. The van der Waals surface area contributed by atoms with Crippen molar-refractivity contribution in [3.63, 3.8) is 0 Å². The van der Waals surface area contributed by atoms with Crippen LogP contribution >= 0.6 is 22.7 Å². The Balaban J connectivity index is 1.43. The number of amides is 2. The van der Waals surface area contributed by atoms with Gasteiger partial charge in [-0.15, -0.1) is 11.3 Å². The minimum absolute atomic E-state index is 0.0345. The number of hydrogen-bond acceptors (Lipinski definition) is 7. The van der Waals surface area contributed by atoms with Crippen molar-refractivity contribution in [3.05, 3.63) is 65.4 Å². The third kappa shape index (κ3) is 4.55. The maximum absolute atomic E-state index is 12.3. The summed E-state index contributed by atoms with van der Waals surface area (Å²) in [5.41, 5.74) is 2.08. The Labute approximate surface area is 173 Å². The Bertz CT molecular complexity index is 1130. The zero-order chi connectivity index (χ0) is 20.2. The summed E-state index contributed by atoms with van der Waals surface area (Å²) in [6, 6.07) is 11.2. The van der Waals surface area contributed by atoms with E-state index in [0.717, 1.165) is 20.7 Å². The number of anilines is 2. The fraction of sp³-hybridized carbons (Fsp3) is 0.105. The molecule has 0 radical (unpaired) electrons. The van der Waals surface area contributed by atoms with Crippen LogP contribution in [0.3, 0.4) is 0 Å². The third-order valence-electron chi connectivity index (χ3n) is 3.95. The fourth-order valence-corrected chi connectivity index (χ4v) is 4.35. The number of fused-ring (bicyclic) bond motifs is 1. The number of benzene rings is 1. The number of carbonyl (C=O) groups is 2. The van der Waals surface area contributed by atoms with Crippen molar-refractivity contribution in [2.24, 2.45) is 0 Å². The summed E-state index contributed by atoms with van der Waals surface area (Å²) in [5.74, 6) is -0.255. The van der Waals surface area contributed by atoms with Crippen molar-refractivity contribution in [2.75, 3.05) is 10.2 Å². The molecule has 0 atom stereocenters. The molecule has 4 rings (SSSR count). The van der Waals surface area contributed by atoms with Crippen molar-refractivity contribution in [2.45, 2.75) is 13.0 Å². The summed E-state index contributed by atoms with van der Waals surface area (Å²) in [6.45, 7) is 0.133. The fourth-order valence-electron chi connectivity index (χ4n) is 2.65. The number of carbonyl (C=O) groups excluding carboxylic acids is 1. The maximum Gasteiger partial charge on any atom is 0.413 e. The number of para-hydroxylation sites is 1. The van der Waals surface area contributed by atoms with Crippen LogP contribution in [0.2, 0.25) is 0 Å². The van der Waals surface area contributed by atoms with E-state index in [1.807, 2.05) is 24.3 Å². The summed E-state index contributed by atoms with van der Waals surface area (Å²) in [4.78, 5) is 37.8. The Kier molecular flexibility index (Phi) is 5.45. The SMILES string of the molecule is O=C(Cc1csc(N(Cc2cccnc2)C(=O)O)n1)Nc1nc2ccccc2s1. The molecular weight excluding hydrogens is 410 g/mol. The number of pyridine rings is 1. The second kappa shape index (κ2) is 8.33. The highest BCUT2D eigenvalue weighted by molar-refractivity contribution is 7.22. The first kappa shape index (κ1) is 19.0. The number of nitrogens with one attached hydrogen (secondary N) is 1. The van der Waals surface area contributed by atoms with Gasteiger partial charge in [-0.1, -0.05) is 29.5 Å². The van der Waals surface area contributed by atoms with Crippen LogP contribution in [0.1, 0.15) is 11.3 Å². The van der Waals surface area contributed by atoms with E-state index < -0.39 is 6.09 Å². The molecule has 3 aromatic heterocycles. The topological polar surface area (TPSA) is 108 Å². The van der Waals surface area contributed by atoms with E-state index in [2.05, 4.69) is 20.3 Å². The van der Waals surface area contributed by atoms with Crippen LogP contribution < -0.4 is 10.2 Å². The summed E-state index contributed by atoms with van der Waals surface area (Å²) in [7, 11) is 0. The van der Waals surface area contributed by atoms with Crippen LogP contribution in [0.25, 0.3) is 10.2 Å². The average Bonchev–Trinajstić information content (AvgIpc) is 3.32. The van der Waals surface area contributed by atoms with Gasteiger partial charge in [0.1, 0.15) is 0 Å². The number of aromatic nitrogens is 3. The first-order chi connectivity index (χ1) is 14.1. The standard InChI is InChI=1S/C19H15N5O3S2/c25-16(23-17-22-14-5-1-2-6-15(14)29-17)8-13-11-28-18(21-13)24(19(26)27)10-12-4-3-7-20-9-12/h1-7,9,11H,8,10H2,(H,26,27)(H,22,23,25). The molecule has 1 aromatic carbocycles. The number of rotatable bonds is 6. The highest BCUT2D eigenvalue weighted by atomic mass is 32.1. The lowest BCUT2D eigenvalue weighted by Crippen LogP contribution is -2.28. The number of hydrogen-bond donors (Lipinski definition) is 2. The Morgan fingerprint density at radius 1 is 1.14 bits per heavy atom. The zero-order valence-corrected chi connectivity index (χ0v) is 16.6. The molecule has 0 aliphatic rings. The zero-order valence-electron chi connectivity index (χ0n) is 15.0. The number of nitrogens with zero attached hydrogens (tertiary/aromatic N) is 4. The van der Waals surface area contributed by atoms with Gasteiger partial charge in [0, 0.05) is 17.8 Å². The molecule has 0 saturated heterocycles. The van der Waals surface area contributed by atoms with Gasteiger partial charge in [-0.05, 0) is 23.8 Å². The van der Waals surface area contributed by atoms with E-state index in [4.69, 9.17) is 0 Å². The first-order valence-corrected chi connectivity index (χ1v) is 10.3. The van der Waals surface area contributed by atoms with E-state index in [9.17, 15) is 14.7 Å². The van der Waals surface area contributed by atoms with Crippen LogP contribution in [0, 0.1) is 0 Å². The molecule has 0 unspecified atom stereocenters. The quantitative estimate of drug-likeness (QED) is 0.483. The second-order valence-corrected chi connectivity index (χ2v) is 7.93. The lowest BCUT2D eigenvalue weighted by Gasteiger charge is -2.15. The Morgan fingerprint density at radius 3 is 2.76 bits per heavy atom. The summed E-state index contributed by atoms with van der Waals surface area (Å²) < 4.78 is 0.992. The van der Waals surface area contributed by atoms with E-state index in [0.29, 0.717) is 16.0 Å². The van der Waals surface area contributed by atoms with E-state index in [1.165, 1.54) is 22.7 Å². The van der Waals surface area contributed by atoms with Gasteiger partial charge in [0.25, 0.3) is 0 Å². The molecular formula is C19H15N5O3S2. The van der Waals surface area contributed by atoms with Gasteiger partial charge >= 0.3 is 6.09 Å². The molecule has 0 fully saturated rings. The molecule has 146 valence electrons. The van der Waals surface area contributed by atoms with E-state index in [1.54, 1.807) is 29.9 Å². The molecule has 2 amide bonds. The third-order valence-corrected chi connectivity index (χ3v) is 5.81. The van der Waals surface area contributed by atoms with Gasteiger partial charge < -0.3 is 10.4 Å². The lowest BCUT2D eigenvalue weighted by atomic mass is 10.3. The molecule has 0 aliphatic carbocycles. The van der Waals surface area contributed by atoms with E-state index in [-0.39, 0.29) is 18.9 Å². The molecule has 3 heterocycles. The Hall–Kier alpha value is -3.37. The first-order valence-electron chi connectivity index (χ1n) is 8.57. The van der Waals surface area contributed by atoms with Crippen molar-refractivity contribution >= 4 is 55.2 Å². The lowest BCUT2D eigenvalue weighted by molar-refractivity contribution is -0.115. The van der Waals surface area contributed by atoms with E-state index >= 15 is 0 Å². The largest absolute Gasteiger partial charge is 0.465 e. The van der Waals surface area contributed by atoms with Crippen LogP contribution in [0.4, 0.5) is 15.1 Å². The van der Waals surface area contributed by atoms with Gasteiger partial charge in [-0.2, -0.15) is 0 Å². The molecule has 29 heavy (non-hydrogen) atoms.